The van der Waals surface area contributed by atoms with Crippen LogP contribution >= 0.6 is 11.3 Å². The predicted octanol–water partition coefficient (Wildman–Crippen LogP) is 3.12. The first-order valence-electron chi connectivity index (χ1n) is 12.5. The van der Waals surface area contributed by atoms with Crippen molar-refractivity contribution in [2.75, 3.05) is 13.7 Å². The number of aryl methyl sites for hydroxylation is 1. The number of thiophene rings is 1. The summed E-state index contributed by atoms with van der Waals surface area (Å²) >= 11 is 1.17. The Labute approximate surface area is 227 Å². The highest BCUT2D eigenvalue weighted by molar-refractivity contribution is 7.21. The SMILES string of the molecule is CCO[C@@H](Cn1c(=O)n(C(C)C(=O)NC(C)C)c(=O)c2c(C)c(-n3nccn3)sc21)c1cc(F)ccc1OC. The number of carbonyl (C=O) groups is 1. The van der Waals surface area contributed by atoms with Crippen LogP contribution in [0.5, 0.6) is 5.75 Å². The summed E-state index contributed by atoms with van der Waals surface area (Å²) in [6, 6.07) is 2.78. The molecule has 11 nitrogen and oxygen atoms in total. The fraction of sp³-hybridized carbons (Fsp3) is 0.423. The van der Waals surface area contributed by atoms with Crippen molar-refractivity contribution in [2.24, 2.45) is 0 Å². The molecular weight excluding hydrogens is 527 g/mol. The monoisotopic (exact) mass is 558 g/mol. The van der Waals surface area contributed by atoms with Crippen molar-refractivity contribution in [2.45, 2.75) is 59.4 Å². The van der Waals surface area contributed by atoms with Crippen LogP contribution in [0.3, 0.4) is 0 Å². The molecule has 2 atom stereocenters. The number of nitrogens with zero attached hydrogens (tertiary/aromatic N) is 5. The van der Waals surface area contributed by atoms with E-state index in [1.54, 1.807) is 27.7 Å². The van der Waals surface area contributed by atoms with Gasteiger partial charge in [0.05, 0.1) is 31.4 Å². The minimum absolute atomic E-state index is 0.0757. The molecule has 1 amide bonds. The molecule has 0 aliphatic heterocycles. The predicted molar refractivity (Wildman–Crippen MR) is 145 cm³/mol. The number of aromatic nitrogens is 5. The van der Waals surface area contributed by atoms with E-state index in [0.717, 1.165) is 4.57 Å². The molecule has 0 fully saturated rings. The van der Waals surface area contributed by atoms with Gasteiger partial charge >= 0.3 is 5.69 Å². The minimum atomic E-state index is -1.09. The van der Waals surface area contributed by atoms with Crippen LogP contribution in [0.4, 0.5) is 4.39 Å². The van der Waals surface area contributed by atoms with Crippen LogP contribution in [0, 0.1) is 12.7 Å². The van der Waals surface area contributed by atoms with Crippen molar-refractivity contribution >= 4 is 27.5 Å². The third-order valence-corrected chi connectivity index (χ3v) is 7.55. The fourth-order valence-corrected chi connectivity index (χ4v) is 5.67. The quantitative estimate of drug-likeness (QED) is 0.317. The van der Waals surface area contributed by atoms with Crippen LogP contribution < -0.4 is 21.3 Å². The number of fused-ring (bicyclic) bond motifs is 1. The van der Waals surface area contributed by atoms with E-state index in [0.29, 0.717) is 26.7 Å². The first-order chi connectivity index (χ1) is 18.6. The van der Waals surface area contributed by atoms with Crippen molar-refractivity contribution in [1.82, 2.24) is 29.4 Å². The van der Waals surface area contributed by atoms with Crippen LogP contribution in [-0.4, -0.2) is 49.8 Å². The Morgan fingerprint density at radius 1 is 1.18 bits per heavy atom. The zero-order chi connectivity index (χ0) is 28.4. The van der Waals surface area contributed by atoms with Crippen molar-refractivity contribution in [1.29, 1.82) is 0 Å². The second kappa shape index (κ2) is 11.5. The maximum absolute atomic E-state index is 14.3. The van der Waals surface area contributed by atoms with Crippen molar-refractivity contribution in [3.05, 3.63) is 68.4 Å². The summed E-state index contributed by atoms with van der Waals surface area (Å²) in [5.74, 6) is -0.568. The van der Waals surface area contributed by atoms with E-state index in [1.165, 1.54) is 65.3 Å². The van der Waals surface area contributed by atoms with E-state index in [-0.39, 0.29) is 24.6 Å². The van der Waals surface area contributed by atoms with Gasteiger partial charge in [-0.15, -0.1) is 4.80 Å². The van der Waals surface area contributed by atoms with Gasteiger partial charge in [0, 0.05) is 23.8 Å². The van der Waals surface area contributed by atoms with Gasteiger partial charge in [0.15, 0.2) is 0 Å². The molecule has 39 heavy (non-hydrogen) atoms. The zero-order valence-electron chi connectivity index (χ0n) is 22.6. The average molecular weight is 559 g/mol. The third-order valence-electron chi connectivity index (χ3n) is 6.27. The van der Waals surface area contributed by atoms with Crippen LogP contribution in [0.15, 0.2) is 40.2 Å². The van der Waals surface area contributed by atoms with Crippen LogP contribution in [0.25, 0.3) is 15.2 Å². The molecule has 13 heteroatoms. The molecule has 1 aromatic carbocycles. The molecule has 0 aliphatic carbocycles. The molecule has 1 unspecified atom stereocenters. The Morgan fingerprint density at radius 3 is 2.49 bits per heavy atom. The van der Waals surface area contributed by atoms with Gasteiger partial charge in [-0.25, -0.2) is 13.8 Å². The minimum Gasteiger partial charge on any atom is -0.496 e. The van der Waals surface area contributed by atoms with Gasteiger partial charge in [-0.1, -0.05) is 11.3 Å². The molecule has 0 spiro atoms. The smallest absolute Gasteiger partial charge is 0.332 e. The molecule has 3 heterocycles. The van der Waals surface area contributed by atoms with Gasteiger partial charge in [0.1, 0.15) is 33.5 Å². The number of hydrogen-bond acceptors (Lipinski definition) is 8. The summed E-state index contributed by atoms with van der Waals surface area (Å²) in [4.78, 5) is 42.4. The molecule has 0 saturated heterocycles. The van der Waals surface area contributed by atoms with Gasteiger partial charge in [-0.2, -0.15) is 10.2 Å². The van der Waals surface area contributed by atoms with Gasteiger partial charge in [0.25, 0.3) is 5.56 Å². The van der Waals surface area contributed by atoms with E-state index in [9.17, 15) is 18.8 Å². The van der Waals surface area contributed by atoms with E-state index in [2.05, 4.69) is 15.5 Å². The first kappa shape index (κ1) is 28.2. The number of carbonyl (C=O) groups excluding carboxylic acids is 1. The summed E-state index contributed by atoms with van der Waals surface area (Å²) in [6.45, 7) is 8.80. The fourth-order valence-electron chi connectivity index (χ4n) is 4.45. The lowest BCUT2D eigenvalue weighted by Gasteiger charge is -2.23. The Morgan fingerprint density at radius 2 is 1.87 bits per heavy atom. The molecule has 208 valence electrons. The van der Waals surface area contributed by atoms with Gasteiger partial charge in [0.2, 0.25) is 5.91 Å². The third kappa shape index (κ3) is 5.36. The lowest BCUT2D eigenvalue weighted by molar-refractivity contribution is -0.124. The molecule has 0 aliphatic rings. The highest BCUT2D eigenvalue weighted by Crippen LogP contribution is 2.34. The molecule has 4 aromatic rings. The largest absolute Gasteiger partial charge is 0.496 e. The average Bonchev–Trinajstić information content (AvgIpc) is 3.53. The topological polar surface area (TPSA) is 122 Å². The Balaban J connectivity index is 2.00. The zero-order valence-corrected chi connectivity index (χ0v) is 23.4. The molecule has 3 aromatic heterocycles. The highest BCUT2D eigenvalue weighted by atomic mass is 32.1. The standard InChI is InChI=1S/C26H31FN6O5S/c1-7-38-20(18-12-17(27)8-9-19(18)37-6)13-31-25-21(15(4)24(39-25)33-28-10-11-29-33)23(35)32(26(31)36)16(5)22(34)30-14(2)3/h8-12,14,16,20H,7,13H2,1-6H3,(H,30,34)/t16?,20-/m0/s1. The number of methoxy groups -OCH3 is 1. The lowest BCUT2D eigenvalue weighted by atomic mass is 10.1. The lowest BCUT2D eigenvalue weighted by Crippen LogP contribution is -2.47. The second-order valence-corrected chi connectivity index (χ2v) is 10.2. The molecule has 4 rings (SSSR count). The molecule has 0 radical (unpaired) electrons. The van der Waals surface area contributed by atoms with E-state index in [4.69, 9.17) is 9.47 Å². The van der Waals surface area contributed by atoms with E-state index < -0.39 is 35.1 Å². The summed E-state index contributed by atoms with van der Waals surface area (Å²) in [6.07, 6.45) is 2.21. The molecule has 1 N–H and O–H groups in total. The van der Waals surface area contributed by atoms with Gasteiger partial charge in [-0.05, 0) is 52.8 Å². The van der Waals surface area contributed by atoms with E-state index >= 15 is 0 Å². The Hall–Kier alpha value is -3.84. The maximum atomic E-state index is 14.3. The molecule has 0 saturated carbocycles. The maximum Gasteiger partial charge on any atom is 0.332 e. The highest BCUT2D eigenvalue weighted by Gasteiger charge is 2.29. The molecular formula is C26H31FN6O5S. The van der Waals surface area contributed by atoms with Gasteiger partial charge < -0.3 is 14.8 Å². The van der Waals surface area contributed by atoms with Crippen molar-refractivity contribution in [3.63, 3.8) is 0 Å². The number of benzene rings is 1. The Kier molecular flexibility index (Phi) is 8.31. The number of hydrogen-bond donors (Lipinski definition) is 1. The summed E-state index contributed by atoms with van der Waals surface area (Å²) in [7, 11) is 1.46. The number of halogens is 1. The normalized spacial score (nSPS) is 13.1. The van der Waals surface area contributed by atoms with Crippen molar-refractivity contribution in [3.8, 4) is 10.8 Å². The number of rotatable bonds is 10. The van der Waals surface area contributed by atoms with Crippen LogP contribution in [0.2, 0.25) is 0 Å². The summed E-state index contributed by atoms with van der Waals surface area (Å²) in [5.41, 5.74) is -0.322. The van der Waals surface area contributed by atoms with Gasteiger partial charge in [-0.3, -0.25) is 14.2 Å². The summed E-state index contributed by atoms with van der Waals surface area (Å²) in [5, 5.41) is 11.9. The number of nitrogens with one attached hydrogen (secondary N) is 1. The van der Waals surface area contributed by atoms with Crippen LogP contribution in [0.1, 0.15) is 51.0 Å². The summed E-state index contributed by atoms with van der Waals surface area (Å²) < 4.78 is 28.1. The number of amides is 1. The molecule has 0 bridgehead atoms. The Bertz CT molecular complexity index is 1610. The second-order valence-electron chi connectivity index (χ2n) is 9.27. The first-order valence-corrected chi connectivity index (χ1v) is 13.3. The number of ether oxygens (including phenoxy) is 2. The van der Waals surface area contributed by atoms with Crippen molar-refractivity contribution < 1.29 is 18.7 Å². The van der Waals surface area contributed by atoms with Crippen LogP contribution in [-0.2, 0) is 16.1 Å². The van der Waals surface area contributed by atoms with E-state index in [1.807, 2.05) is 0 Å².